The van der Waals surface area contributed by atoms with Crippen molar-refractivity contribution >= 4 is 68.9 Å². The predicted octanol–water partition coefficient (Wildman–Crippen LogP) is 5.13. The summed E-state index contributed by atoms with van der Waals surface area (Å²) in [6.45, 7) is 14.6. The van der Waals surface area contributed by atoms with Crippen molar-refractivity contribution in [2.75, 3.05) is 91.5 Å². The van der Waals surface area contributed by atoms with Crippen molar-refractivity contribution in [2.24, 2.45) is 4.99 Å². The molecule has 19 nitrogen and oxygen atoms in total. The van der Waals surface area contributed by atoms with Crippen LogP contribution in [0.2, 0.25) is 0 Å². The van der Waals surface area contributed by atoms with E-state index in [1.807, 2.05) is 13.8 Å². The lowest BCUT2D eigenvalue weighted by Crippen LogP contribution is -2.51. The number of hydrogen-bond donors (Lipinski definition) is 4. The fourth-order valence-corrected chi connectivity index (χ4v) is 10.6. The van der Waals surface area contributed by atoms with Crippen molar-refractivity contribution < 1.29 is 57.5 Å². The first-order valence-electron chi connectivity index (χ1n) is 23.1. The molecule has 0 aliphatic carbocycles. The molecule has 2 aromatic carbocycles. The van der Waals surface area contributed by atoms with Gasteiger partial charge in [-0.15, -0.1) is 0 Å². The summed E-state index contributed by atoms with van der Waals surface area (Å²) in [7, 11) is 6.03. The van der Waals surface area contributed by atoms with Crippen LogP contribution >= 0.6 is 21.6 Å². The van der Waals surface area contributed by atoms with Crippen LogP contribution in [0.3, 0.4) is 0 Å². The van der Waals surface area contributed by atoms with Gasteiger partial charge in [-0.05, 0) is 58.1 Å². The van der Waals surface area contributed by atoms with Crippen LogP contribution < -0.4 is 35.3 Å². The first-order chi connectivity index (χ1) is 33.1. The molecular weight excluding hydrogens is 931 g/mol. The van der Waals surface area contributed by atoms with Crippen molar-refractivity contribution in [2.45, 2.75) is 81.9 Å². The molecule has 5 amide bonds. The van der Waals surface area contributed by atoms with E-state index in [9.17, 15) is 24.0 Å². The van der Waals surface area contributed by atoms with E-state index >= 15 is 0 Å². The van der Waals surface area contributed by atoms with Gasteiger partial charge in [0, 0.05) is 68.8 Å². The summed E-state index contributed by atoms with van der Waals surface area (Å²) in [5.74, 6) is 1.34. The van der Waals surface area contributed by atoms with E-state index in [2.05, 4.69) is 28.8 Å². The summed E-state index contributed by atoms with van der Waals surface area (Å²) in [6.07, 6.45) is 4.08. The number of fused-ring (bicyclic) bond motifs is 2. The van der Waals surface area contributed by atoms with Gasteiger partial charge in [-0.2, -0.15) is 0 Å². The fourth-order valence-electron chi connectivity index (χ4n) is 8.21. The lowest BCUT2D eigenvalue weighted by Gasteiger charge is -2.33. The van der Waals surface area contributed by atoms with Crippen LogP contribution in [0.5, 0.6) is 23.0 Å². The normalized spacial score (nSPS) is 18.7. The minimum atomic E-state index is -0.771. The summed E-state index contributed by atoms with van der Waals surface area (Å²) in [4.78, 5) is 74.2. The van der Waals surface area contributed by atoms with Crippen LogP contribution in [0.4, 0.5) is 16.2 Å². The van der Waals surface area contributed by atoms with Crippen molar-refractivity contribution in [1.29, 1.82) is 0 Å². The molecule has 21 heteroatoms. The van der Waals surface area contributed by atoms with E-state index in [0.717, 1.165) is 24.0 Å². The molecule has 1 unspecified atom stereocenters. The van der Waals surface area contributed by atoms with E-state index in [1.54, 1.807) is 47.4 Å². The Labute approximate surface area is 411 Å². The van der Waals surface area contributed by atoms with Crippen LogP contribution in [0.15, 0.2) is 53.6 Å². The molecule has 3 fully saturated rings. The molecule has 0 radical (unpaired) electrons. The SMILES string of the molecule is C=C1C[C@H]2C=Nc3cc(OCCCCCOc4cc(N)c(C(=O)N5CC(=C)C[C@H]5C5OCCN5C(=O)OCC(C)(C)SSCCC(=O)NCCNC(=O)CCO)cc4OC)c(OC)cc3C(=O)N2C1. The van der Waals surface area contributed by atoms with Crippen molar-refractivity contribution in [3.8, 4) is 23.0 Å². The summed E-state index contributed by atoms with van der Waals surface area (Å²) < 4.78 is 34.8. The lowest BCUT2D eigenvalue weighted by atomic mass is 10.1. The van der Waals surface area contributed by atoms with Crippen LogP contribution in [0, 0.1) is 0 Å². The number of ether oxygens (including phenoxy) is 6. The number of aliphatic imine (C=N–C) groups is 1. The van der Waals surface area contributed by atoms with Gasteiger partial charge in [0.2, 0.25) is 11.8 Å². The van der Waals surface area contributed by atoms with Gasteiger partial charge in [0.25, 0.3) is 11.8 Å². The molecular formula is C48H65N7O12S2. The quantitative estimate of drug-likeness (QED) is 0.0462. The zero-order chi connectivity index (χ0) is 49.7. The zero-order valence-electron chi connectivity index (χ0n) is 39.9. The fraction of sp³-hybridized carbons (Fsp3) is 0.542. The molecule has 0 saturated carbocycles. The molecule has 3 atom stereocenters. The topological polar surface area (TPSA) is 233 Å². The second kappa shape index (κ2) is 24.8. The maximum atomic E-state index is 14.2. The van der Waals surface area contributed by atoms with E-state index in [1.165, 1.54) is 33.6 Å². The number of hydrogen-bond acceptors (Lipinski definition) is 16. The monoisotopic (exact) mass is 995 g/mol. The molecule has 0 bridgehead atoms. The molecule has 4 aliphatic heterocycles. The number of rotatable bonds is 24. The second-order valence-electron chi connectivity index (χ2n) is 17.7. The largest absolute Gasteiger partial charge is 0.493 e. The van der Waals surface area contributed by atoms with E-state index in [4.69, 9.17) is 39.3 Å². The van der Waals surface area contributed by atoms with Crippen molar-refractivity contribution in [1.82, 2.24) is 25.3 Å². The zero-order valence-corrected chi connectivity index (χ0v) is 41.5. The summed E-state index contributed by atoms with van der Waals surface area (Å²) in [6, 6.07) is 5.95. The molecule has 376 valence electrons. The average Bonchev–Trinajstić information content (AvgIpc) is 4.06. The highest BCUT2D eigenvalue weighted by Crippen LogP contribution is 2.40. The third-order valence-electron chi connectivity index (χ3n) is 11.7. The summed E-state index contributed by atoms with van der Waals surface area (Å²) >= 11 is 0. The first kappa shape index (κ1) is 52.7. The number of nitrogens with one attached hydrogen (secondary N) is 2. The van der Waals surface area contributed by atoms with Gasteiger partial charge in [-0.1, -0.05) is 45.9 Å². The molecule has 5 N–H and O–H groups in total. The van der Waals surface area contributed by atoms with E-state index in [-0.39, 0.29) is 93.2 Å². The highest BCUT2D eigenvalue weighted by atomic mass is 33.1. The van der Waals surface area contributed by atoms with Crippen molar-refractivity contribution in [3.63, 3.8) is 0 Å². The number of likely N-dealkylation sites (tertiary alicyclic amines) is 1. The number of nitrogens with zero attached hydrogens (tertiary/aromatic N) is 4. The number of nitrogens with two attached hydrogens (primary N) is 1. The van der Waals surface area contributed by atoms with Crippen LogP contribution in [0.25, 0.3) is 0 Å². The Morgan fingerprint density at radius 2 is 1.57 bits per heavy atom. The van der Waals surface area contributed by atoms with Crippen molar-refractivity contribution in [3.05, 3.63) is 59.7 Å². The molecule has 6 rings (SSSR count). The minimum absolute atomic E-state index is 0.0229. The maximum absolute atomic E-state index is 14.2. The highest BCUT2D eigenvalue weighted by Gasteiger charge is 2.45. The van der Waals surface area contributed by atoms with E-state index < -0.39 is 23.1 Å². The maximum Gasteiger partial charge on any atom is 0.412 e. The van der Waals surface area contributed by atoms with Gasteiger partial charge >= 0.3 is 6.09 Å². The Kier molecular flexibility index (Phi) is 18.9. The Morgan fingerprint density at radius 3 is 2.26 bits per heavy atom. The highest BCUT2D eigenvalue weighted by molar-refractivity contribution is 8.77. The number of carbonyl (C=O) groups is 5. The molecule has 3 saturated heterocycles. The Morgan fingerprint density at radius 1 is 0.899 bits per heavy atom. The van der Waals surface area contributed by atoms with Gasteiger partial charge in [-0.3, -0.25) is 29.1 Å². The number of nitrogen functional groups attached to an aromatic ring is 1. The molecule has 2 aromatic rings. The third kappa shape index (κ3) is 14.0. The van der Waals surface area contributed by atoms with Gasteiger partial charge in [0.15, 0.2) is 29.2 Å². The van der Waals surface area contributed by atoms with Crippen LogP contribution in [-0.2, 0) is 19.1 Å². The number of methoxy groups -OCH3 is 2. The molecule has 0 aromatic heterocycles. The average molecular weight is 996 g/mol. The second-order valence-corrected chi connectivity index (χ2v) is 20.8. The molecule has 4 aliphatic rings. The number of amides is 5. The molecule has 69 heavy (non-hydrogen) atoms. The van der Waals surface area contributed by atoms with Gasteiger partial charge in [-0.25, -0.2) is 4.79 Å². The van der Waals surface area contributed by atoms with Crippen LogP contribution in [-0.4, -0.2) is 165 Å². The molecule has 0 spiro atoms. The Bertz CT molecular complexity index is 2260. The Balaban J connectivity index is 0.946. The minimum Gasteiger partial charge on any atom is -0.493 e. The third-order valence-corrected chi connectivity index (χ3v) is 15.0. The summed E-state index contributed by atoms with van der Waals surface area (Å²) in [5, 5.41) is 14.2. The standard InChI is InChI=1S/C48H65N7O12S2/c1-30-20-32-26-52-36-25-41(39(63-6)23-34(36)45(60)54(32)27-30)65-17-9-7-8-16-64-40-24-35(49)33(22-38(40)62-5)44(59)55-28-31(2)21-37(55)46-53(14-18-66-46)47(61)67-29-48(3,4)69-68-19-11-43(58)51-13-12-50-42(57)10-15-56/h22-26,32,37,46,56H,1-2,7-21,27-29,49H2,3-6H3,(H,50,57)(H,51,58)/t32-,37-,46?/m0/s1. The number of benzene rings is 2. The smallest absolute Gasteiger partial charge is 0.412 e. The van der Waals surface area contributed by atoms with Gasteiger partial charge in [0.1, 0.15) is 6.61 Å². The number of aliphatic hydroxyl groups is 1. The van der Waals surface area contributed by atoms with Crippen LogP contribution in [0.1, 0.15) is 79.5 Å². The summed E-state index contributed by atoms with van der Waals surface area (Å²) in [5.41, 5.74) is 9.75. The lowest BCUT2D eigenvalue weighted by molar-refractivity contribution is -0.123. The predicted molar refractivity (Wildman–Crippen MR) is 265 cm³/mol. The number of carbonyl (C=O) groups excluding carboxylic acids is 5. The number of unbranched alkanes of at least 4 members (excludes halogenated alkanes) is 2. The van der Waals surface area contributed by atoms with Gasteiger partial charge in [0.05, 0.1) is 80.8 Å². The number of anilines is 1. The van der Waals surface area contributed by atoms with E-state index in [0.29, 0.717) is 85.6 Å². The molecule has 4 heterocycles. The first-order valence-corrected chi connectivity index (χ1v) is 25.4. The number of aliphatic hydroxyl groups excluding tert-OH is 1. The van der Waals surface area contributed by atoms with Gasteiger partial charge < -0.3 is 59.7 Å². The Hall–Kier alpha value is -5.64.